The van der Waals surface area contributed by atoms with Gasteiger partial charge < -0.3 is 15.0 Å². The molecule has 1 N–H and O–H groups in total. The predicted octanol–water partition coefficient (Wildman–Crippen LogP) is 4.98. The average Bonchev–Trinajstić information content (AvgIpc) is 3.61. The van der Waals surface area contributed by atoms with E-state index in [1.165, 1.54) is 0 Å². The van der Waals surface area contributed by atoms with Crippen molar-refractivity contribution in [1.29, 1.82) is 0 Å². The number of benzene rings is 1. The van der Waals surface area contributed by atoms with Gasteiger partial charge in [0.05, 0.1) is 17.3 Å². The summed E-state index contributed by atoms with van der Waals surface area (Å²) in [6.45, 7) is 5.87. The number of pyridine rings is 1. The Morgan fingerprint density at radius 3 is 2.81 bits per heavy atom. The van der Waals surface area contributed by atoms with Gasteiger partial charge in [-0.3, -0.25) is 14.6 Å². The van der Waals surface area contributed by atoms with Crippen molar-refractivity contribution in [1.82, 2.24) is 20.2 Å². The number of ether oxygens (including phenoxy) is 1. The van der Waals surface area contributed by atoms with Crippen LogP contribution in [0.2, 0.25) is 0 Å². The number of amides is 2. The second kappa shape index (κ2) is 11.0. The monoisotopic (exact) mass is 506 g/mol. The molecule has 2 aromatic heterocycles. The van der Waals surface area contributed by atoms with Gasteiger partial charge in [0.25, 0.3) is 0 Å². The summed E-state index contributed by atoms with van der Waals surface area (Å²) in [5.74, 6) is -0.0480. The van der Waals surface area contributed by atoms with Crippen LogP contribution in [0.5, 0.6) is 0 Å². The molecule has 0 unspecified atom stereocenters. The molecule has 36 heavy (non-hydrogen) atoms. The zero-order valence-corrected chi connectivity index (χ0v) is 21.8. The van der Waals surface area contributed by atoms with E-state index in [4.69, 9.17) is 9.72 Å². The van der Waals surface area contributed by atoms with Crippen molar-refractivity contribution in [2.24, 2.45) is 11.8 Å². The molecule has 8 heteroatoms. The molecule has 1 aromatic carbocycles. The van der Waals surface area contributed by atoms with Crippen LogP contribution < -0.4 is 5.32 Å². The van der Waals surface area contributed by atoms with Gasteiger partial charge in [-0.1, -0.05) is 32.0 Å². The minimum atomic E-state index is -0.514. The highest BCUT2D eigenvalue weighted by Gasteiger charge is 2.40. The van der Waals surface area contributed by atoms with Crippen LogP contribution in [0.25, 0.3) is 22.2 Å². The van der Waals surface area contributed by atoms with Gasteiger partial charge in [-0.15, -0.1) is 11.3 Å². The first-order valence-corrected chi connectivity index (χ1v) is 13.9. The summed E-state index contributed by atoms with van der Waals surface area (Å²) >= 11 is 1.61. The summed E-state index contributed by atoms with van der Waals surface area (Å²) in [6, 6.07) is 9.51. The van der Waals surface area contributed by atoms with Gasteiger partial charge in [0.2, 0.25) is 11.8 Å². The van der Waals surface area contributed by atoms with Gasteiger partial charge in [0, 0.05) is 48.2 Å². The first-order valence-electron chi connectivity index (χ1n) is 13.0. The molecule has 2 saturated heterocycles. The number of aromatic nitrogens is 2. The molecule has 2 amide bonds. The molecule has 0 spiro atoms. The molecule has 3 aromatic rings. The van der Waals surface area contributed by atoms with Crippen LogP contribution in [-0.4, -0.2) is 52.5 Å². The molecular weight excluding hydrogens is 472 g/mol. The number of thiazole rings is 1. The highest BCUT2D eigenvalue weighted by atomic mass is 32.1. The van der Waals surface area contributed by atoms with Gasteiger partial charge in [0.1, 0.15) is 11.0 Å². The van der Waals surface area contributed by atoms with E-state index in [0.29, 0.717) is 19.8 Å². The lowest BCUT2D eigenvalue weighted by Gasteiger charge is -2.35. The molecule has 2 aliphatic heterocycles. The number of likely N-dealkylation sites (tertiary alicyclic amines) is 1. The van der Waals surface area contributed by atoms with Crippen molar-refractivity contribution in [3.63, 3.8) is 0 Å². The van der Waals surface area contributed by atoms with Crippen molar-refractivity contribution in [2.75, 3.05) is 19.8 Å². The van der Waals surface area contributed by atoms with Gasteiger partial charge in [0.15, 0.2) is 0 Å². The largest absolute Gasteiger partial charge is 0.381 e. The Bertz CT molecular complexity index is 1220. The SMILES string of the molecule is CC[C@@H](C)C(=O)N[C@H](C(=O)N1CCC[C@H]1c1nc(-c2ccnc3ccccc23)cs1)C1CCOCC1. The third-order valence-corrected chi connectivity index (χ3v) is 8.57. The average molecular weight is 507 g/mol. The normalized spacial score (nSPS) is 20.4. The van der Waals surface area contributed by atoms with Crippen molar-refractivity contribution in [3.05, 3.63) is 46.9 Å². The van der Waals surface area contributed by atoms with E-state index >= 15 is 0 Å². The Morgan fingerprint density at radius 2 is 2.00 bits per heavy atom. The maximum Gasteiger partial charge on any atom is 0.246 e. The van der Waals surface area contributed by atoms with E-state index in [9.17, 15) is 9.59 Å². The summed E-state index contributed by atoms with van der Waals surface area (Å²) in [5, 5.41) is 7.24. The molecule has 0 saturated carbocycles. The molecule has 7 nitrogen and oxygen atoms in total. The number of rotatable bonds is 7. The van der Waals surface area contributed by atoms with E-state index in [0.717, 1.165) is 59.3 Å². The molecule has 2 aliphatic rings. The minimum absolute atomic E-state index is 0.0205. The van der Waals surface area contributed by atoms with Crippen LogP contribution >= 0.6 is 11.3 Å². The Labute approximate surface area is 216 Å². The third-order valence-electron chi connectivity index (χ3n) is 7.63. The number of carbonyl (C=O) groups excluding carboxylic acids is 2. The molecule has 5 rings (SSSR count). The molecule has 0 radical (unpaired) electrons. The zero-order valence-electron chi connectivity index (χ0n) is 21.0. The summed E-state index contributed by atoms with van der Waals surface area (Å²) in [6.07, 6.45) is 5.95. The van der Waals surface area contributed by atoms with E-state index in [2.05, 4.69) is 21.7 Å². The van der Waals surface area contributed by atoms with Crippen LogP contribution in [0.4, 0.5) is 0 Å². The number of nitrogens with one attached hydrogen (secondary N) is 1. The number of nitrogens with zero attached hydrogens (tertiary/aromatic N) is 3. The van der Waals surface area contributed by atoms with Crippen molar-refractivity contribution in [3.8, 4) is 11.3 Å². The summed E-state index contributed by atoms with van der Waals surface area (Å²) < 4.78 is 5.54. The van der Waals surface area contributed by atoms with E-state index in [1.54, 1.807) is 11.3 Å². The lowest BCUT2D eigenvalue weighted by Crippen LogP contribution is -2.54. The van der Waals surface area contributed by atoms with Crippen LogP contribution in [0.3, 0.4) is 0 Å². The predicted molar refractivity (Wildman–Crippen MR) is 141 cm³/mol. The van der Waals surface area contributed by atoms with Gasteiger partial charge >= 0.3 is 0 Å². The first-order chi connectivity index (χ1) is 17.6. The minimum Gasteiger partial charge on any atom is -0.381 e. The smallest absolute Gasteiger partial charge is 0.246 e. The molecule has 4 heterocycles. The van der Waals surface area contributed by atoms with E-state index in [-0.39, 0.29) is 29.7 Å². The van der Waals surface area contributed by atoms with Gasteiger partial charge in [-0.25, -0.2) is 4.98 Å². The molecule has 0 bridgehead atoms. The second-order valence-corrected chi connectivity index (χ2v) is 10.8. The number of hydrogen-bond donors (Lipinski definition) is 1. The Morgan fingerprint density at radius 1 is 1.19 bits per heavy atom. The summed E-state index contributed by atoms with van der Waals surface area (Å²) in [5.41, 5.74) is 2.91. The number of hydrogen-bond acceptors (Lipinski definition) is 6. The van der Waals surface area contributed by atoms with Crippen molar-refractivity contribution >= 4 is 34.1 Å². The zero-order chi connectivity index (χ0) is 25.1. The number of fused-ring (bicyclic) bond motifs is 1. The molecule has 0 aliphatic carbocycles. The highest BCUT2D eigenvalue weighted by Crippen LogP contribution is 2.38. The first kappa shape index (κ1) is 24.8. The number of carbonyl (C=O) groups is 2. The second-order valence-electron chi connectivity index (χ2n) is 9.88. The Balaban J connectivity index is 1.40. The van der Waals surface area contributed by atoms with Gasteiger partial charge in [-0.2, -0.15) is 0 Å². The molecule has 2 fully saturated rings. The molecule has 190 valence electrons. The summed E-state index contributed by atoms with van der Waals surface area (Å²) in [4.78, 5) is 38.2. The van der Waals surface area contributed by atoms with E-state index in [1.807, 2.05) is 49.2 Å². The lowest BCUT2D eigenvalue weighted by molar-refractivity contribution is -0.140. The van der Waals surface area contributed by atoms with Crippen LogP contribution in [0, 0.1) is 11.8 Å². The topological polar surface area (TPSA) is 84.4 Å². The third kappa shape index (κ3) is 5.02. The fraction of sp³-hybridized carbons (Fsp3) is 0.500. The molecular formula is C28H34N4O3S. The molecule has 3 atom stereocenters. The summed E-state index contributed by atoms with van der Waals surface area (Å²) in [7, 11) is 0. The quantitative estimate of drug-likeness (QED) is 0.489. The Kier molecular flexibility index (Phi) is 7.62. The maximum atomic E-state index is 14.0. The Hall–Kier alpha value is -2.84. The van der Waals surface area contributed by atoms with E-state index < -0.39 is 6.04 Å². The van der Waals surface area contributed by atoms with Crippen LogP contribution in [-0.2, 0) is 14.3 Å². The van der Waals surface area contributed by atoms with Crippen molar-refractivity contribution in [2.45, 2.75) is 58.0 Å². The highest BCUT2D eigenvalue weighted by molar-refractivity contribution is 7.10. The number of para-hydroxylation sites is 1. The van der Waals surface area contributed by atoms with Crippen molar-refractivity contribution < 1.29 is 14.3 Å². The fourth-order valence-electron chi connectivity index (χ4n) is 5.26. The standard InChI is InChI=1S/C28H34N4O3S/c1-3-18(2)26(33)31-25(19-11-15-35-16-12-19)28(34)32-14-6-9-24(32)27-30-23(17-36-27)21-10-13-29-22-8-5-4-7-20(21)22/h4-5,7-8,10,13,17-19,24-25H,3,6,9,11-12,14-16H2,1-2H3,(H,31,33)/t18-,24+,25+/m1/s1. The van der Waals surface area contributed by atoms with Crippen LogP contribution in [0.1, 0.15) is 57.0 Å². The fourth-order valence-corrected chi connectivity index (χ4v) is 6.23. The lowest BCUT2D eigenvalue weighted by atomic mass is 9.90. The van der Waals surface area contributed by atoms with Crippen LogP contribution in [0.15, 0.2) is 41.9 Å². The van der Waals surface area contributed by atoms with Gasteiger partial charge in [-0.05, 0) is 50.2 Å². The maximum absolute atomic E-state index is 14.0.